The molecule has 0 bridgehead atoms. The van der Waals surface area contributed by atoms with E-state index in [0.29, 0.717) is 5.56 Å². The standard InChI is InChI=1S/C15H14O6/c16-8-3-1-2-7(4-8)15-14(20)13(19)12-10(18)5-9(17)6-11(12)21-15/h1-6,13-20H. The van der Waals surface area contributed by atoms with Crippen molar-refractivity contribution < 1.29 is 30.3 Å². The summed E-state index contributed by atoms with van der Waals surface area (Å²) in [5.41, 5.74) is 0.492. The first-order chi connectivity index (χ1) is 9.97. The van der Waals surface area contributed by atoms with Gasteiger partial charge in [-0.1, -0.05) is 12.1 Å². The molecule has 0 fully saturated rings. The van der Waals surface area contributed by atoms with Crippen molar-refractivity contribution in [3.05, 3.63) is 47.5 Å². The first kappa shape index (κ1) is 13.5. The molecule has 1 heterocycles. The summed E-state index contributed by atoms with van der Waals surface area (Å²) in [4.78, 5) is 0. The Balaban J connectivity index is 2.07. The predicted octanol–water partition coefficient (Wildman–Crippen LogP) is 1.33. The predicted molar refractivity (Wildman–Crippen MR) is 72.2 cm³/mol. The number of phenolic OH excluding ortho intramolecular Hbond substituents is 3. The third kappa shape index (κ3) is 2.24. The van der Waals surface area contributed by atoms with Crippen LogP contribution in [0.4, 0.5) is 0 Å². The lowest BCUT2D eigenvalue weighted by molar-refractivity contribution is -0.0711. The van der Waals surface area contributed by atoms with E-state index in [9.17, 15) is 25.5 Å². The minimum absolute atomic E-state index is 0.00217. The smallest absolute Gasteiger partial charge is 0.153 e. The molecular weight excluding hydrogens is 276 g/mol. The molecule has 2 aromatic rings. The second kappa shape index (κ2) is 4.83. The van der Waals surface area contributed by atoms with Crippen LogP contribution in [-0.2, 0) is 0 Å². The number of benzene rings is 2. The van der Waals surface area contributed by atoms with E-state index in [0.717, 1.165) is 6.07 Å². The van der Waals surface area contributed by atoms with E-state index < -0.39 is 18.3 Å². The summed E-state index contributed by atoms with van der Waals surface area (Å²) in [6, 6.07) is 8.41. The van der Waals surface area contributed by atoms with E-state index in [4.69, 9.17) is 4.74 Å². The largest absolute Gasteiger partial charge is 0.508 e. The van der Waals surface area contributed by atoms with Gasteiger partial charge in [0.25, 0.3) is 0 Å². The molecule has 1 aliphatic rings. The van der Waals surface area contributed by atoms with Gasteiger partial charge in [0.15, 0.2) is 6.10 Å². The maximum absolute atomic E-state index is 10.2. The van der Waals surface area contributed by atoms with Gasteiger partial charge in [0.05, 0.1) is 5.56 Å². The number of rotatable bonds is 1. The molecule has 5 N–H and O–H groups in total. The Morgan fingerprint density at radius 1 is 0.905 bits per heavy atom. The third-order valence-electron chi connectivity index (χ3n) is 3.49. The minimum atomic E-state index is -1.37. The Kier molecular flexibility index (Phi) is 3.12. The molecule has 3 rings (SSSR count). The lowest BCUT2D eigenvalue weighted by Crippen LogP contribution is -2.34. The lowest BCUT2D eigenvalue weighted by atomic mass is 9.91. The van der Waals surface area contributed by atoms with Crippen LogP contribution in [0.5, 0.6) is 23.0 Å². The highest BCUT2D eigenvalue weighted by molar-refractivity contribution is 5.52. The molecule has 0 amide bonds. The van der Waals surface area contributed by atoms with Crippen LogP contribution in [-0.4, -0.2) is 31.6 Å². The zero-order valence-corrected chi connectivity index (χ0v) is 10.8. The average molecular weight is 290 g/mol. The summed E-state index contributed by atoms with van der Waals surface area (Å²) in [6.07, 6.45) is -3.63. The van der Waals surface area contributed by atoms with E-state index in [1.165, 1.54) is 18.2 Å². The van der Waals surface area contributed by atoms with Gasteiger partial charge in [-0.2, -0.15) is 0 Å². The van der Waals surface area contributed by atoms with E-state index >= 15 is 0 Å². The molecule has 6 nitrogen and oxygen atoms in total. The van der Waals surface area contributed by atoms with E-state index in [2.05, 4.69) is 0 Å². The molecule has 0 spiro atoms. The molecule has 1 aliphatic heterocycles. The van der Waals surface area contributed by atoms with Crippen LogP contribution in [0.3, 0.4) is 0 Å². The van der Waals surface area contributed by atoms with E-state index in [1.54, 1.807) is 12.1 Å². The van der Waals surface area contributed by atoms with Gasteiger partial charge in [-0.25, -0.2) is 0 Å². The molecule has 0 aliphatic carbocycles. The Morgan fingerprint density at radius 3 is 2.38 bits per heavy atom. The van der Waals surface area contributed by atoms with Crippen LogP contribution in [0, 0.1) is 0 Å². The van der Waals surface area contributed by atoms with Crippen molar-refractivity contribution >= 4 is 0 Å². The highest BCUT2D eigenvalue weighted by Gasteiger charge is 2.39. The second-order valence-electron chi connectivity index (χ2n) is 4.95. The van der Waals surface area contributed by atoms with Crippen molar-refractivity contribution in [2.75, 3.05) is 0 Å². The number of hydrogen-bond acceptors (Lipinski definition) is 6. The van der Waals surface area contributed by atoms with Gasteiger partial charge in [0.2, 0.25) is 0 Å². The first-order valence-corrected chi connectivity index (χ1v) is 6.35. The summed E-state index contributed by atoms with van der Waals surface area (Å²) < 4.78 is 5.58. The SMILES string of the molecule is Oc1cccc(C2Oc3cc(O)cc(O)c3C(O)C2O)c1. The van der Waals surface area contributed by atoms with Gasteiger partial charge in [0, 0.05) is 12.1 Å². The van der Waals surface area contributed by atoms with Crippen molar-refractivity contribution in [3.63, 3.8) is 0 Å². The van der Waals surface area contributed by atoms with Crippen LogP contribution in [0.15, 0.2) is 36.4 Å². The summed E-state index contributed by atoms with van der Waals surface area (Å²) in [6.45, 7) is 0. The Hall–Kier alpha value is -2.44. The molecule has 2 aromatic carbocycles. The van der Waals surface area contributed by atoms with Crippen molar-refractivity contribution in [3.8, 4) is 23.0 Å². The number of aliphatic hydroxyl groups is 2. The average Bonchev–Trinajstić information content (AvgIpc) is 2.42. The number of hydrogen-bond donors (Lipinski definition) is 5. The molecule has 0 saturated heterocycles. The van der Waals surface area contributed by atoms with Gasteiger partial charge in [-0.05, 0) is 17.7 Å². The lowest BCUT2D eigenvalue weighted by Gasteiger charge is -2.34. The van der Waals surface area contributed by atoms with Crippen LogP contribution >= 0.6 is 0 Å². The molecule has 3 unspecified atom stereocenters. The summed E-state index contributed by atoms with van der Waals surface area (Å²) in [5, 5.41) is 49.1. The van der Waals surface area contributed by atoms with Crippen molar-refractivity contribution in [2.45, 2.75) is 18.3 Å². The molecule has 0 saturated carbocycles. The number of ether oxygens (including phenoxy) is 1. The summed E-state index contributed by atoms with van der Waals surface area (Å²) >= 11 is 0. The van der Waals surface area contributed by atoms with Gasteiger partial charge in [-0.15, -0.1) is 0 Å². The quantitative estimate of drug-likeness (QED) is 0.542. The van der Waals surface area contributed by atoms with Crippen molar-refractivity contribution in [1.29, 1.82) is 0 Å². The third-order valence-corrected chi connectivity index (χ3v) is 3.49. The fourth-order valence-electron chi connectivity index (χ4n) is 2.50. The first-order valence-electron chi connectivity index (χ1n) is 6.35. The number of phenols is 3. The van der Waals surface area contributed by atoms with Crippen LogP contribution in [0.25, 0.3) is 0 Å². The normalized spacial score (nSPS) is 24.2. The van der Waals surface area contributed by atoms with Crippen molar-refractivity contribution in [2.24, 2.45) is 0 Å². The zero-order chi connectivity index (χ0) is 15.1. The Morgan fingerprint density at radius 2 is 1.67 bits per heavy atom. The van der Waals surface area contributed by atoms with Crippen molar-refractivity contribution in [1.82, 2.24) is 0 Å². The fraction of sp³-hybridized carbons (Fsp3) is 0.200. The van der Waals surface area contributed by atoms with E-state index in [-0.39, 0.29) is 28.6 Å². The van der Waals surface area contributed by atoms with Gasteiger partial charge in [0.1, 0.15) is 35.2 Å². The minimum Gasteiger partial charge on any atom is -0.508 e. The maximum Gasteiger partial charge on any atom is 0.153 e. The van der Waals surface area contributed by atoms with Gasteiger partial charge in [-0.3, -0.25) is 0 Å². The monoisotopic (exact) mass is 290 g/mol. The maximum atomic E-state index is 10.2. The molecule has 0 radical (unpaired) electrons. The Bertz CT molecular complexity index is 684. The Labute approximate surface area is 120 Å². The fourth-order valence-corrected chi connectivity index (χ4v) is 2.50. The highest BCUT2D eigenvalue weighted by atomic mass is 16.5. The zero-order valence-electron chi connectivity index (χ0n) is 10.8. The molecular formula is C15H14O6. The number of aromatic hydroxyl groups is 3. The number of aliphatic hydroxyl groups excluding tert-OH is 2. The highest BCUT2D eigenvalue weighted by Crippen LogP contribution is 2.46. The van der Waals surface area contributed by atoms with Crippen LogP contribution in [0.2, 0.25) is 0 Å². The molecule has 21 heavy (non-hydrogen) atoms. The summed E-state index contributed by atoms with van der Waals surface area (Å²) in [7, 11) is 0. The molecule has 6 heteroatoms. The van der Waals surface area contributed by atoms with Gasteiger partial charge >= 0.3 is 0 Å². The van der Waals surface area contributed by atoms with E-state index in [1.807, 2.05) is 0 Å². The van der Waals surface area contributed by atoms with Gasteiger partial charge < -0.3 is 30.3 Å². The number of fused-ring (bicyclic) bond motifs is 1. The summed E-state index contributed by atoms with van der Waals surface area (Å²) in [5.74, 6) is -0.489. The van der Waals surface area contributed by atoms with Crippen LogP contribution in [0.1, 0.15) is 23.3 Å². The molecule has 0 aromatic heterocycles. The second-order valence-corrected chi connectivity index (χ2v) is 4.95. The van der Waals surface area contributed by atoms with Crippen LogP contribution < -0.4 is 4.74 Å². The molecule has 110 valence electrons. The molecule has 3 atom stereocenters. The topological polar surface area (TPSA) is 110 Å².